The van der Waals surface area contributed by atoms with E-state index in [1.54, 1.807) is 0 Å². The third kappa shape index (κ3) is 3.92. The molecule has 1 aliphatic heterocycles. The minimum absolute atomic E-state index is 0.0198. The lowest BCUT2D eigenvalue weighted by molar-refractivity contribution is -0.385. The van der Waals surface area contributed by atoms with Gasteiger partial charge in [0.25, 0.3) is 5.91 Å². The number of nitro benzene ring substituents is 1. The van der Waals surface area contributed by atoms with Crippen molar-refractivity contribution < 1.29 is 29.1 Å². The second kappa shape index (κ2) is 7.62. The molecule has 0 bridgehead atoms. The summed E-state index contributed by atoms with van der Waals surface area (Å²) < 4.78 is 10.3. The van der Waals surface area contributed by atoms with E-state index in [-0.39, 0.29) is 23.8 Å². The molecule has 9 heteroatoms. The van der Waals surface area contributed by atoms with Gasteiger partial charge in [-0.3, -0.25) is 14.9 Å². The number of nitrogens with zero attached hydrogens (tertiary/aromatic N) is 2. The molecule has 24 heavy (non-hydrogen) atoms. The highest BCUT2D eigenvalue weighted by Gasteiger charge is 2.32. The second-order valence-electron chi connectivity index (χ2n) is 5.32. The molecule has 1 heterocycles. The Morgan fingerprint density at radius 2 is 2.17 bits per heavy atom. The molecule has 130 valence electrons. The molecular formula is C15H18N2O7. The molecule has 1 saturated heterocycles. The van der Waals surface area contributed by atoms with Crippen molar-refractivity contribution in [3.63, 3.8) is 0 Å². The molecule has 0 aliphatic carbocycles. The molecule has 1 aromatic rings. The lowest BCUT2D eigenvalue weighted by atomic mass is 10.0. The van der Waals surface area contributed by atoms with Crippen LogP contribution in [0.4, 0.5) is 5.69 Å². The predicted octanol–water partition coefficient (Wildman–Crippen LogP) is 1.45. The van der Waals surface area contributed by atoms with E-state index in [1.807, 2.05) is 0 Å². The highest BCUT2D eigenvalue weighted by Crippen LogP contribution is 2.30. The first-order valence-corrected chi connectivity index (χ1v) is 7.41. The largest absolute Gasteiger partial charge is 0.490 e. The van der Waals surface area contributed by atoms with Gasteiger partial charge in [-0.05, 0) is 25.3 Å². The third-order valence-corrected chi connectivity index (χ3v) is 3.82. The zero-order valence-electron chi connectivity index (χ0n) is 13.1. The summed E-state index contributed by atoms with van der Waals surface area (Å²) in [6, 6.07) is 3.07. The number of carboxylic acid groups (broad SMARTS) is 1. The SMILES string of the molecule is COc1cc(OCC(=O)N2CCCC[C@@H]2C(=O)O)ccc1[N+](=O)[O-]. The number of amides is 1. The number of carboxylic acids is 1. The number of ether oxygens (including phenoxy) is 2. The number of carbonyl (C=O) groups excluding carboxylic acids is 1. The van der Waals surface area contributed by atoms with Crippen LogP contribution in [0.2, 0.25) is 0 Å². The van der Waals surface area contributed by atoms with Gasteiger partial charge in [-0.25, -0.2) is 4.79 Å². The maximum Gasteiger partial charge on any atom is 0.326 e. The highest BCUT2D eigenvalue weighted by atomic mass is 16.6. The number of benzene rings is 1. The van der Waals surface area contributed by atoms with Crippen molar-refractivity contribution in [2.45, 2.75) is 25.3 Å². The standard InChI is InChI=1S/C15H18N2O7/c1-23-13-8-10(5-6-11(13)17(21)22)24-9-14(18)16-7-3-2-4-12(16)15(19)20/h5-6,8,12H,2-4,7,9H2,1H3,(H,19,20)/t12-/m1/s1. The molecule has 0 spiro atoms. The van der Waals surface area contributed by atoms with E-state index >= 15 is 0 Å². The molecule has 1 amide bonds. The first-order chi connectivity index (χ1) is 11.4. The average molecular weight is 338 g/mol. The zero-order chi connectivity index (χ0) is 17.7. The van der Waals surface area contributed by atoms with E-state index in [1.165, 1.54) is 30.2 Å². The van der Waals surface area contributed by atoms with E-state index in [4.69, 9.17) is 9.47 Å². The fourth-order valence-corrected chi connectivity index (χ4v) is 2.61. The van der Waals surface area contributed by atoms with E-state index in [0.717, 1.165) is 12.8 Å². The van der Waals surface area contributed by atoms with Crippen molar-refractivity contribution in [1.82, 2.24) is 4.90 Å². The number of nitro groups is 1. The Balaban J connectivity index is 2.03. The smallest absolute Gasteiger partial charge is 0.326 e. The zero-order valence-corrected chi connectivity index (χ0v) is 13.1. The Bertz CT molecular complexity index is 647. The number of aliphatic carboxylic acids is 1. The molecule has 0 radical (unpaired) electrons. The molecule has 2 rings (SSSR count). The van der Waals surface area contributed by atoms with Crippen molar-refractivity contribution in [3.05, 3.63) is 28.3 Å². The molecule has 9 nitrogen and oxygen atoms in total. The van der Waals surface area contributed by atoms with Gasteiger partial charge in [-0.2, -0.15) is 0 Å². The summed E-state index contributed by atoms with van der Waals surface area (Å²) in [5, 5.41) is 20.0. The summed E-state index contributed by atoms with van der Waals surface area (Å²) in [5.41, 5.74) is -0.210. The van der Waals surface area contributed by atoms with Crippen LogP contribution in [0.15, 0.2) is 18.2 Å². The Labute approximate surface area is 137 Å². The Hall–Kier alpha value is -2.84. The van der Waals surface area contributed by atoms with Crippen molar-refractivity contribution in [1.29, 1.82) is 0 Å². The van der Waals surface area contributed by atoms with Crippen LogP contribution in [-0.2, 0) is 9.59 Å². The minimum Gasteiger partial charge on any atom is -0.490 e. The summed E-state index contributed by atoms with van der Waals surface area (Å²) >= 11 is 0. The van der Waals surface area contributed by atoms with Crippen molar-refractivity contribution in [2.24, 2.45) is 0 Å². The van der Waals surface area contributed by atoms with E-state index < -0.39 is 22.8 Å². The van der Waals surface area contributed by atoms with E-state index in [9.17, 15) is 24.8 Å². The fraction of sp³-hybridized carbons (Fsp3) is 0.467. The number of likely N-dealkylation sites (tertiary alicyclic amines) is 1. The normalized spacial score (nSPS) is 17.2. The Kier molecular flexibility index (Phi) is 5.56. The van der Waals surface area contributed by atoms with Crippen LogP contribution in [0.1, 0.15) is 19.3 Å². The van der Waals surface area contributed by atoms with Crippen molar-refractivity contribution >= 4 is 17.6 Å². The van der Waals surface area contributed by atoms with Gasteiger partial charge in [0.05, 0.1) is 12.0 Å². The Morgan fingerprint density at radius 3 is 2.79 bits per heavy atom. The lowest BCUT2D eigenvalue weighted by Gasteiger charge is -2.32. The Morgan fingerprint density at radius 1 is 1.42 bits per heavy atom. The third-order valence-electron chi connectivity index (χ3n) is 3.82. The molecular weight excluding hydrogens is 320 g/mol. The van der Waals surface area contributed by atoms with Crippen LogP contribution in [0.25, 0.3) is 0 Å². The van der Waals surface area contributed by atoms with E-state index in [2.05, 4.69) is 0 Å². The van der Waals surface area contributed by atoms with Crippen molar-refractivity contribution in [2.75, 3.05) is 20.3 Å². The number of hydrogen-bond acceptors (Lipinski definition) is 6. The van der Waals surface area contributed by atoms with Crippen LogP contribution >= 0.6 is 0 Å². The van der Waals surface area contributed by atoms with Crippen LogP contribution in [-0.4, -0.2) is 53.1 Å². The van der Waals surface area contributed by atoms with Crippen LogP contribution in [0.5, 0.6) is 11.5 Å². The monoisotopic (exact) mass is 338 g/mol. The van der Waals surface area contributed by atoms with Gasteiger partial charge in [0.1, 0.15) is 11.8 Å². The average Bonchev–Trinajstić information content (AvgIpc) is 2.59. The second-order valence-corrected chi connectivity index (χ2v) is 5.32. The molecule has 1 aromatic carbocycles. The van der Waals surface area contributed by atoms with Gasteiger partial charge >= 0.3 is 11.7 Å². The first kappa shape index (κ1) is 17.5. The molecule has 0 aromatic heterocycles. The molecule has 0 saturated carbocycles. The van der Waals surface area contributed by atoms with Gasteiger partial charge in [0.15, 0.2) is 6.61 Å². The van der Waals surface area contributed by atoms with Gasteiger partial charge in [0.2, 0.25) is 5.75 Å². The van der Waals surface area contributed by atoms with Gasteiger partial charge in [0, 0.05) is 18.7 Å². The molecule has 1 aliphatic rings. The molecule has 1 fully saturated rings. The summed E-state index contributed by atoms with van der Waals surface area (Å²) in [6.07, 6.45) is 1.94. The quantitative estimate of drug-likeness (QED) is 0.615. The highest BCUT2D eigenvalue weighted by molar-refractivity contribution is 5.84. The van der Waals surface area contributed by atoms with Gasteiger partial charge in [-0.15, -0.1) is 0 Å². The number of methoxy groups -OCH3 is 1. The molecule has 1 atom stereocenters. The maximum absolute atomic E-state index is 12.2. The van der Waals surface area contributed by atoms with Gasteiger partial charge < -0.3 is 19.5 Å². The summed E-state index contributed by atoms with van der Waals surface area (Å²) in [7, 11) is 1.29. The summed E-state index contributed by atoms with van der Waals surface area (Å²) in [4.78, 5) is 35.0. The summed E-state index contributed by atoms with van der Waals surface area (Å²) in [6.45, 7) is 0.0352. The first-order valence-electron chi connectivity index (χ1n) is 7.41. The van der Waals surface area contributed by atoms with Crippen LogP contribution < -0.4 is 9.47 Å². The van der Waals surface area contributed by atoms with Crippen LogP contribution in [0, 0.1) is 10.1 Å². The number of rotatable bonds is 6. The maximum atomic E-state index is 12.2. The number of hydrogen-bond donors (Lipinski definition) is 1. The molecule has 1 N–H and O–H groups in total. The molecule has 0 unspecified atom stereocenters. The topological polar surface area (TPSA) is 119 Å². The fourth-order valence-electron chi connectivity index (χ4n) is 2.61. The number of piperidine rings is 1. The van der Waals surface area contributed by atoms with Crippen LogP contribution in [0.3, 0.4) is 0 Å². The minimum atomic E-state index is -1.03. The summed E-state index contributed by atoms with van der Waals surface area (Å²) in [5.74, 6) is -1.21. The van der Waals surface area contributed by atoms with E-state index in [0.29, 0.717) is 13.0 Å². The van der Waals surface area contributed by atoms with Gasteiger partial charge in [-0.1, -0.05) is 0 Å². The van der Waals surface area contributed by atoms with Crippen molar-refractivity contribution in [3.8, 4) is 11.5 Å². The predicted molar refractivity (Wildman–Crippen MR) is 82.1 cm³/mol. The number of carbonyl (C=O) groups is 2. The lowest BCUT2D eigenvalue weighted by Crippen LogP contribution is -2.49.